The van der Waals surface area contributed by atoms with Crippen molar-refractivity contribution in [3.8, 4) is 0 Å². The fraction of sp³-hybridized carbons (Fsp3) is 0.727. The van der Waals surface area contributed by atoms with Gasteiger partial charge in [0.15, 0.2) is 12.6 Å². The summed E-state index contributed by atoms with van der Waals surface area (Å²) in [5.41, 5.74) is 0. The Hall–Kier alpha value is -2.83. The second kappa shape index (κ2) is 41.8. The number of allylic oxidation sites excluding steroid dienone is 14. The third-order valence-corrected chi connectivity index (χ3v) is 11.9. The molecule has 2 aliphatic heterocycles. The van der Waals surface area contributed by atoms with Crippen molar-refractivity contribution >= 4 is 5.97 Å². The van der Waals surface area contributed by atoms with Crippen molar-refractivity contribution in [1.29, 1.82) is 0 Å². The lowest BCUT2D eigenvalue weighted by Gasteiger charge is -2.42. The minimum absolute atomic E-state index is 0.0416. The molecular weight excluding hydrogens is 885 g/mol. The SMILES string of the molecule is CC/C=C\C/C=C\C/C=C\C/C=C\CCCCCCCCCOCC(COC1OC(COC2OC(CO)C(O)C(O)C2O)C(O)C(O)C1O)OC(=O)CCCCCCC/C=C\C/C=C\C/C=C\CC. The van der Waals surface area contributed by atoms with Crippen LogP contribution in [0.4, 0.5) is 0 Å². The molecule has 14 heteroatoms. The van der Waals surface area contributed by atoms with Gasteiger partial charge < -0.3 is 64.2 Å². The number of unbranched alkanes of at least 4 members (excludes halogenated alkanes) is 12. The van der Waals surface area contributed by atoms with Crippen molar-refractivity contribution in [1.82, 2.24) is 0 Å². The molecule has 0 spiro atoms. The summed E-state index contributed by atoms with van der Waals surface area (Å²) in [5.74, 6) is -0.401. The number of ether oxygens (including phenoxy) is 6. The summed E-state index contributed by atoms with van der Waals surface area (Å²) in [6, 6.07) is 0. The van der Waals surface area contributed by atoms with Crippen LogP contribution in [-0.2, 0) is 33.2 Å². The maximum atomic E-state index is 13.0. The molecule has 11 unspecified atom stereocenters. The molecule has 396 valence electrons. The quantitative estimate of drug-likeness (QED) is 0.0176. The molecule has 0 bridgehead atoms. The first-order valence-electron chi connectivity index (χ1n) is 26.2. The Bertz CT molecular complexity index is 1460. The smallest absolute Gasteiger partial charge is 0.306 e. The zero-order chi connectivity index (χ0) is 50.2. The average Bonchev–Trinajstić information content (AvgIpc) is 3.35. The third-order valence-electron chi connectivity index (χ3n) is 11.9. The summed E-state index contributed by atoms with van der Waals surface area (Å²) < 4.78 is 34.3. The van der Waals surface area contributed by atoms with E-state index in [1.807, 2.05) is 0 Å². The number of aliphatic hydroxyl groups excluding tert-OH is 7. The molecule has 0 saturated carbocycles. The highest BCUT2D eigenvalue weighted by Crippen LogP contribution is 2.26. The molecule has 2 rings (SSSR count). The maximum Gasteiger partial charge on any atom is 0.306 e. The topological polar surface area (TPSA) is 214 Å². The standard InChI is InChI=1S/C55H92O14/c1-3-5-7-9-11-13-15-17-19-20-21-22-23-25-27-29-31-33-35-37-39-64-41-44(67-47(57)38-36-34-32-30-28-26-24-18-16-14-12-10-8-6-4-2)42-65-54-53(63)51(61)49(59)46(69-54)43-66-55-52(62)50(60)48(58)45(40-56)68-55/h5-8,11-14,17-19,21-22,24,44-46,48-56,58-63H,3-4,9-10,15-16,20,23,25-43H2,1-2H3/b7-5-,8-6-,13-11-,14-12-,19-17-,22-21-,24-18-. The predicted octanol–water partition coefficient (Wildman–Crippen LogP) is 8.07. The van der Waals surface area contributed by atoms with Crippen LogP contribution in [0.1, 0.15) is 155 Å². The first-order chi connectivity index (χ1) is 33.6. The van der Waals surface area contributed by atoms with E-state index in [9.17, 15) is 40.5 Å². The second-order valence-corrected chi connectivity index (χ2v) is 17.9. The van der Waals surface area contributed by atoms with Crippen LogP contribution in [0, 0.1) is 0 Å². The van der Waals surface area contributed by atoms with Gasteiger partial charge in [-0.05, 0) is 83.5 Å². The molecule has 11 atom stereocenters. The van der Waals surface area contributed by atoms with Gasteiger partial charge in [-0.1, -0.05) is 150 Å². The Labute approximate surface area is 414 Å². The fourth-order valence-electron chi connectivity index (χ4n) is 7.70. The lowest BCUT2D eigenvalue weighted by atomic mass is 9.98. The molecule has 69 heavy (non-hydrogen) atoms. The van der Waals surface area contributed by atoms with E-state index in [1.165, 1.54) is 19.3 Å². The van der Waals surface area contributed by atoms with Crippen LogP contribution >= 0.6 is 0 Å². The fourth-order valence-corrected chi connectivity index (χ4v) is 7.70. The van der Waals surface area contributed by atoms with Crippen LogP contribution in [0.5, 0.6) is 0 Å². The zero-order valence-corrected chi connectivity index (χ0v) is 42.0. The van der Waals surface area contributed by atoms with E-state index >= 15 is 0 Å². The van der Waals surface area contributed by atoms with E-state index in [2.05, 4.69) is 98.9 Å². The average molecular weight is 977 g/mol. The lowest BCUT2D eigenvalue weighted by Crippen LogP contribution is -2.61. The number of hydrogen-bond donors (Lipinski definition) is 7. The van der Waals surface area contributed by atoms with Gasteiger partial charge in [0.05, 0.1) is 26.4 Å². The first-order valence-corrected chi connectivity index (χ1v) is 26.2. The van der Waals surface area contributed by atoms with Crippen molar-refractivity contribution in [2.24, 2.45) is 0 Å². The van der Waals surface area contributed by atoms with Gasteiger partial charge in [0.2, 0.25) is 0 Å². The van der Waals surface area contributed by atoms with Gasteiger partial charge in [-0.2, -0.15) is 0 Å². The molecule has 14 nitrogen and oxygen atoms in total. The molecule has 0 amide bonds. The minimum atomic E-state index is -1.72. The van der Waals surface area contributed by atoms with E-state index in [0.29, 0.717) is 13.0 Å². The number of aliphatic hydroxyl groups is 7. The maximum absolute atomic E-state index is 13.0. The summed E-state index contributed by atoms with van der Waals surface area (Å²) in [6.07, 6.45) is 36.4. The van der Waals surface area contributed by atoms with Crippen molar-refractivity contribution in [3.05, 3.63) is 85.1 Å². The van der Waals surface area contributed by atoms with Crippen molar-refractivity contribution in [3.63, 3.8) is 0 Å². The van der Waals surface area contributed by atoms with Crippen LogP contribution in [-0.4, -0.2) is 142 Å². The second-order valence-electron chi connectivity index (χ2n) is 17.9. The van der Waals surface area contributed by atoms with Crippen LogP contribution in [0.2, 0.25) is 0 Å². The van der Waals surface area contributed by atoms with Gasteiger partial charge in [-0.25, -0.2) is 0 Å². The third kappa shape index (κ3) is 29.3. The van der Waals surface area contributed by atoms with E-state index in [-0.39, 0.29) is 19.6 Å². The molecule has 0 aromatic carbocycles. The van der Waals surface area contributed by atoms with E-state index < -0.39 is 86.7 Å². The number of esters is 1. The Balaban J connectivity index is 1.77. The van der Waals surface area contributed by atoms with Crippen molar-refractivity contribution < 1.29 is 69.0 Å². The summed E-state index contributed by atoms with van der Waals surface area (Å²) in [4.78, 5) is 13.0. The van der Waals surface area contributed by atoms with Crippen molar-refractivity contribution in [2.75, 3.05) is 33.0 Å². The molecule has 2 fully saturated rings. The Kier molecular flexibility index (Phi) is 37.7. The first kappa shape index (κ1) is 62.3. The normalized spacial score (nSPS) is 26.4. The molecule has 0 aliphatic carbocycles. The summed E-state index contributed by atoms with van der Waals surface area (Å²) in [7, 11) is 0. The molecule has 2 heterocycles. The van der Waals surface area contributed by atoms with Gasteiger partial charge in [0, 0.05) is 13.0 Å². The van der Waals surface area contributed by atoms with E-state index in [1.54, 1.807) is 0 Å². The Morgan fingerprint density at radius 3 is 1.41 bits per heavy atom. The molecule has 2 aliphatic rings. The highest BCUT2D eigenvalue weighted by molar-refractivity contribution is 5.69. The summed E-state index contributed by atoms with van der Waals surface area (Å²) in [6.45, 7) is 3.39. The number of hydrogen-bond acceptors (Lipinski definition) is 14. The van der Waals surface area contributed by atoms with Gasteiger partial charge in [-0.15, -0.1) is 0 Å². The Morgan fingerprint density at radius 2 is 0.899 bits per heavy atom. The van der Waals surface area contributed by atoms with Crippen molar-refractivity contribution in [2.45, 2.75) is 223 Å². The van der Waals surface area contributed by atoms with Gasteiger partial charge in [0.1, 0.15) is 54.9 Å². The minimum Gasteiger partial charge on any atom is -0.457 e. The number of carbonyl (C=O) groups is 1. The molecule has 0 aromatic heterocycles. The number of carbonyl (C=O) groups excluding carboxylic acids is 1. The largest absolute Gasteiger partial charge is 0.457 e. The number of rotatable bonds is 40. The molecule has 7 N–H and O–H groups in total. The predicted molar refractivity (Wildman–Crippen MR) is 270 cm³/mol. The molecule has 0 radical (unpaired) electrons. The monoisotopic (exact) mass is 977 g/mol. The summed E-state index contributed by atoms with van der Waals surface area (Å²) in [5, 5.41) is 72.2. The molecule has 0 aromatic rings. The van der Waals surface area contributed by atoms with E-state index in [0.717, 1.165) is 109 Å². The molecular formula is C55H92O14. The lowest BCUT2D eigenvalue weighted by molar-refractivity contribution is -0.332. The zero-order valence-electron chi connectivity index (χ0n) is 42.0. The van der Waals surface area contributed by atoms with Crippen LogP contribution < -0.4 is 0 Å². The van der Waals surface area contributed by atoms with Crippen LogP contribution in [0.15, 0.2) is 85.1 Å². The van der Waals surface area contributed by atoms with Crippen LogP contribution in [0.3, 0.4) is 0 Å². The Morgan fingerprint density at radius 1 is 0.478 bits per heavy atom. The van der Waals surface area contributed by atoms with Gasteiger partial charge in [-0.3, -0.25) is 4.79 Å². The van der Waals surface area contributed by atoms with E-state index in [4.69, 9.17) is 28.4 Å². The van der Waals surface area contributed by atoms with Gasteiger partial charge >= 0.3 is 5.97 Å². The highest BCUT2D eigenvalue weighted by Gasteiger charge is 2.47. The highest BCUT2D eigenvalue weighted by atomic mass is 16.7. The summed E-state index contributed by atoms with van der Waals surface area (Å²) >= 11 is 0. The molecule has 2 saturated heterocycles. The van der Waals surface area contributed by atoms with Gasteiger partial charge in [0.25, 0.3) is 0 Å². The van der Waals surface area contributed by atoms with Crippen LogP contribution in [0.25, 0.3) is 0 Å².